The van der Waals surface area contributed by atoms with Gasteiger partial charge in [-0.3, -0.25) is 4.79 Å². The number of fused-ring (bicyclic) bond motifs is 2. The van der Waals surface area contributed by atoms with Crippen LogP contribution in [0.15, 0.2) is 28.5 Å². The predicted octanol–water partition coefficient (Wildman–Crippen LogP) is 3.06. The van der Waals surface area contributed by atoms with Gasteiger partial charge in [-0.05, 0) is 49.8 Å². The van der Waals surface area contributed by atoms with E-state index in [-0.39, 0.29) is 21.6 Å². The highest BCUT2D eigenvalue weighted by Gasteiger charge is 2.49. The molecule has 2 aliphatic carbocycles. The number of hydrogen-bond donors (Lipinski definition) is 2. The summed E-state index contributed by atoms with van der Waals surface area (Å²) in [5, 5.41) is 0. The maximum Gasteiger partial charge on any atom is 0.250 e. The lowest BCUT2D eigenvalue weighted by atomic mass is 9.78. The van der Waals surface area contributed by atoms with Gasteiger partial charge in [0, 0.05) is 11.5 Å². The Hall–Kier alpha value is -0.890. The molecule has 3 atom stereocenters. The Morgan fingerprint density at radius 2 is 2.12 bits per heavy atom. The minimum absolute atomic E-state index is 0.207. The van der Waals surface area contributed by atoms with Gasteiger partial charge in [0.1, 0.15) is 4.21 Å². The van der Waals surface area contributed by atoms with Crippen molar-refractivity contribution in [3.8, 4) is 0 Å². The van der Waals surface area contributed by atoms with Crippen LogP contribution in [0.4, 0.5) is 0 Å². The second kappa shape index (κ2) is 6.78. The van der Waals surface area contributed by atoms with Crippen molar-refractivity contribution in [2.24, 2.45) is 17.1 Å². The lowest BCUT2D eigenvalue weighted by Crippen LogP contribution is -2.46. The molecule has 1 aromatic heterocycles. The molecule has 1 aromatic rings. The molecule has 3 unspecified atom stereocenters. The molecule has 2 saturated carbocycles. The first-order valence-electron chi connectivity index (χ1n) is 8.09. The van der Waals surface area contributed by atoms with Crippen molar-refractivity contribution < 1.29 is 13.2 Å². The molecule has 3 N–H and O–H groups in total. The molecule has 0 saturated heterocycles. The fourth-order valence-corrected chi connectivity index (χ4v) is 6.99. The number of thiophene rings is 1. The molecule has 8 heteroatoms. The lowest BCUT2D eigenvalue weighted by Gasteiger charge is -2.33. The van der Waals surface area contributed by atoms with Crippen LogP contribution in [0.2, 0.25) is 4.34 Å². The van der Waals surface area contributed by atoms with E-state index in [0.29, 0.717) is 4.34 Å². The van der Waals surface area contributed by atoms with Gasteiger partial charge in [0.25, 0.3) is 0 Å². The van der Waals surface area contributed by atoms with E-state index in [2.05, 4.69) is 4.72 Å². The molecular weight excluding hydrogens is 368 g/mol. The minimum atomic E-state index is -3.62. The number of halogens is 1. The van der Waals surface area contributed by atoms with Crippen molar-refractivity contribution in [1.29, 1.82) is 0 Å². The van der Waals surface area contributed by atoms with Crippen molar-refractivity contribution in [2.75, 3.05) is 0 Å². The fraction of sp³-hybridized carbons (Fsp3) is 0.562. The quantitative estimate of drug-likeness (QED) is 0.759. The zero-order chi connectivity index (χ0) is 17.4. The Balaban J connectivity index is 1.92. The highest BCUT2D eigenvalue weighted by Crippen LogP contribution is 2.51. The topological polar surface area (TPSA) is 89.3 Å². The average molecular weight is 389 g/mol. The highest BCUT2D eigenvalue weighted by molar-refractivity contribution is 7.91. The van der Waals surface area contributed by atoms with Crippen LogP contribution in [0, 0.1) is 11.3 Å². The molecule has 2 fully saturated rings. The summed E-state index contributed by atoms with van der Waals surface area (Å²) in [6.45, 7) is 0. The summed E-state index contributed by atoms with van der Waals surface area (Å²) in [7, 11) is -3.62. The third kappa shape index (κ3) is 3.54. The second-order valence-corrected chi connectivity index (χ2v) is 10.3. The maximum atomic E-state index is 12.8. The Morgan fingerprint density at radius 1 is 1.33 bits per heavy atom. The van der Waals surface area contributed by atoms with Crippen LogP contribution in [-0.4, -0.2) is 20.4 Å². The summed E-state index contributed by atoms with van der Waals surface area (Å²) in [6.07, 6.45) is 9.05. The van der Waals surface area contributed by atoms with Gasteiger partial charge < -0.3 is 5.73 Å². The third-order valence-electron chi connectivity index (χ3n) is 5.21. The van der Waals surface area contributed by atoms with Crippen molar-refractivity contribution >= 4 is 38.9 Å². The number of nitrogens with two attached hydrogens (primary N) is 1. The van der Waals surface area contributed by atoms with Crippen molar-refractivity contribution in [2.45, 2.75) is 48.8 Å². The van der Waals surface area contributed by atoms with Crippen LogP contribution >= 0.6 is 22.9 Å². The smallest absolute Gasteiger partial charge is 0.250 e. The van der Waals surface area contributed by atoms with Crippen LogP contribution in [0.1, 0.15) is 38.5 Å². The standard InChI is InChI=1S/C16H21ClN2O3S2/c17-12-4-5-14(23-12)24(21,22)19-15-11-3-1-2-8-16(15,9-6-11)10-7-13(18)20/h4-5,7,10-11,15,19H,1-3,6,8-9H2,(H2,18,20). The highest BCUT2D eigenvalue weighted by atomic mass is 35.5. The third-order valence-corrected chi connectivity index (χ3v) is 8.38. The number of carbonyl (C=O) groups excluding carboxylic acids is 1. The average Bonchev–Trinajstić information content (AvgIpc) is 3.01. The number of rotatable bonds is 5. The molecule has 24 heavy (non-hydrogen) atoms. The molecule has 3 rings (SSSR count). The lowest BCUT2D eigenvalue weighted by molar-refractivity contribution is -0.113. The molecule has 0 spiro atoms. The number of amides is 1. The van der Waals surface area contributed by atoms with E-state index in [1.165, 1.54) is 12.1 Å². The van der Waals surface area contributed by atoms with E-state index >= 15 is 0 Å². The molecule has 1 heterocycles. The van der Waals surface area contributed by atoms with Crippen LogP contribution < -0.4 is 10.5 Å². The minimum Gasteiger partial charge on any atom is -0.366 e. The van der Waals surface area contributed by atoms with E-state index in [4.69, 9.17) is 17.3 Å². The molecule has 0 radical (unpaired) electrons. The van der Waals surface area contributed by atoms with Gasteiger partial charge in [-0.2, -0.15) is 0 Å². The van der Waals surface area contributed by atoms with Crippen LogP contribution in [0.25, 0.3) is 0 Å². The first kappa shape index (κ1) is 17.9. The number of nitrogens with one attached hydrogen (secondary N) is 1. The SMILES string of the molecule is NC(=O)C=CC12CCCCC(CC1)C2NS(=O)(=O)c1ccc(Cl)s1. The van der Waals surface area contributed by atoms with E-state index in [0.717, 1.165) is 49.9 Å². The van der Waals surface area contributed by atoms with Gasteiger partial charge in [-0.15, -0.1) is 11.3 Å². The van der Waals surface area contributed by atoms with Crippen LogP contribution in [-0.2, 0) is 14.8 Å². The number of carbonyl (C=O) groups is 1. The van der Waals surface area contributed by atoms with Crippen molar-refractivity contribution in [1.82, 2.24) is 4.72 Å². The van der Waals surface area contributed by atoms with E-state index in [1.54, 1.807) is 6.07 Å². The zero-order valence-electron chi connectivity index (χ0n) is 13.2. The molecular formula is C16H21ClN2O3S2. The summed E-state index contributed by atoms with van der Waals surface area (Å²) in [5.41, 5.74) is 4.94. The Kier molecular flexibility index (Phi) is 5.06. The molecule has 0 aromatic carbocycles. The summed E-state index contributed by atoms with van der Waals surface area (Å²) in [4.78, 5) is 11.2. The normalized spacial score (nSPS) is 30.5. The molecule has 132 valence electrons. The number of sulfonamides is 1. The summed E-state index contributed by atoms with van der Waals surface area (Å²) < 4.78 is 29.1. The summed E-state index contributed by atoms with van der Waals surface area (Å²) in [5.74, 6) is -0.209. The summed E-state index contributed by atoms with van der Waals surface area (Å²) in [6, 6.07) is 2.91. The van der Waals surface area contributed by atoms with Crippen molar-refractivity contribution in [3.63, 3.8) is 0 Å². The molecule has 0 aliphatic heterocycles. The van der Waals surface area contributed by atoms with Gasteiger partial charge in [-0.25, -0.2) is 13.1 Å². The largest absolute Gasteiger partial charge is 0.366 e. The van der Waals surface area contributed by atoms with Crippen LogP contribution in [0.3, 0.4) is 0 Å². The molecule has 5 nitrogen and oxygen atoms in total. The first-order valence-corrected chi connectivity index (χ1v) is 10.8. The molecule has 2 aliphatic rings. The Bertz CT molecular complexity index is 759. The zero-order valence-corrected chi connectivity index (χ0v) is 15.6. The monoisotopic (exact) mass is 388 g/mol. The van der Waals surface area contributed by atoms with E-state index in [9.17, 15) is 13.2 Å². The van der Waals surface area contributed by atoms with Crippen LogP contribution in [0.5, 0.6) is 0 Å². The predicted molar refractivity (Wildman–Crippen MR) is 95.4 cm³/mol. The first-order chi connectivity index (χ1) is 11.3. The fourth-order valence-electron chi connectivity index (χ4n) is 4.10. The summed E-state index contributed by atoms with van der Waals surface area (Å²) >= 11 is 6.93. The molecule has 1 amide bonds. The number of primary amides is 1. The Morgan fingerprint density at radius 3 is 2.79 bits per heavy atom. The number of hydrogen-bond acceptors (Lipinski definition) is 4. The van der Waals surface area contributed by atoms with Gasteiger partial charge >= 0.3 is 0 Å². The van der Waals surface area contributed by atoms with Gasteiger partial charge in [0.15, 0.2) is 0 Å². The van der Waals surface area contributed by atoms with Gasteiger partial charge in [-0.1, -0.05) is 30.5 Å². The van der Waals surface area contributed by atoms with Gasteiger partial charge in [0.05, 0.1) is 4.34 Å². The molecule has 2 bridgehead atoms. The van der Waals surface area contributed by atoms with E-state index < -0.39 is 15.9 Å². The van der Waals surface area contributed by atoms with E-state index in [1.807, 2.05) is 6.08 Å². The Labute approximate surface area is 151 Å². The second-order valence-electron chi connectivity index (χ2n) is 6.67. The van der Waals surface area contributed by atoms with Crippen molar-refractivity contribution in [3.05, 3.63) is 28.6 Å². The maximum absolute atomic E-state index is 12.8. The van der Waals surface area contributed by atoms with Gasteiger partial charge in [0.2, 0.25) is 15.9 Å².